The molecule has 0 radical (unpaired) electrons. The van der Waals surface area contributed by atoms with Crippen LogP contribution in [-0.2, 0) is 0 Å². The second-order valence-electron chi connectivity index (χ2n) is 6.00. The molecule has 1 aliphatic rings. The largest absolute Gasteiger partial charge is 0.399 e. The van der Waals surface area contributed by atoms with Gasteiger partial charge in [-0.25, -0.2) is 9.37 Å². The summed E-state index contributed by atoms with van der Waals surface area (Å²) in [6.07, 6.45) is 4.85. The first-order valence-electron chi connectivity index (χ1n) is 7.76. The van der Waals surface area contributed by atoms with E-state index in [4.69, 9.17) is 10.7 Å². The number of hydrogen-bond acceptors (Lipinski definition) is 2. The molecule has 0 aliphatic heterocycles. The topological polar surface area (TPSA) is 43.8 Å². The van der Waals surface area contributed by atoms with E-state index < -0.39 is 0 Å². The third-order valence-electron chi connectivity index (χ3n) is 4.51. The molecule has 0 unspecified atom stereocenters. The number of halogens is 1. The lowest BCUT2D eigenvalue weighted by atomic mass is 10.1. The molecule has 22 heavy (non-hydrogen) atoms. The van der Waals surface area contributed by atoms with Crippen molar-refractivity contribution in [2.75, 3.05) is 5.73 Å². The Labute approximate surface area is 128 Å². The minimum absolute atomic E-state index is 0.225. The number of nitrogen functional groups attached to an aromatic ring is 1. The first-order chi connectivity index (χ1) is 10.7. The summed E-state index contributed by atoms with van der Waals surface area (Å²) < 4.78 is 15.5. The molecule has 112 valence electrons. The lowest BCUT2D eigenvalue weighted by Gasteiger charge is -2.16. The van der Waals surface area contributed by atoms with Crippen molar-refractivity contribution < 1.29 is 4.39 Å². The molecule has 0 saturated heterocycles. The van der Waals surface area contributed by atoms with Gasteiger partial charge in [0.05, 0.1) is 11.0 Å². The zero-order valence-electron chi connectivity index (χ0n) is 12.3. The lowest BCUT2D eigenvalue weighted by molar-refractivity contribution is 0.537. The Hall–Kier alpha value is -2.36. The number of benzene rings is 2. The van der Waals surface area contributed by atoms with E-state index in [0.717, 1.165) is 22.4 Å². The first-order valence-corrected chi connectivity index (χ1v) is 7.76. The molecule has 1 aliphatic carbocycles. The van der Waals surface area contributed by atoms with Crippen LogP contribution in [0, 0.1) is 5.82 Å². The van der Waals surface area contributed by atoms with Crippen molar-refractivity contribution in [2.24, 2.45) is 0 Å². The Kier molecular flexibility index (Phi) is 3.10. The normalized spacial score (nSPS) is 15.7. The fourth-order valence-electron chi connectivity index (χ4n) is 3.45. The molecule has 0 amide bonds. The van der Waals surface area contributed by atoms with E-state index in [0.29, 0.717) is 11.7 Å². The standard InChI is InChI=1S/C18H18FN3/c19-13-7-5-12(6-8-13)18-21-16-11-14(20)9-10-17(16)22(18)15-3-1-2-4-15/h5-11,15H,1-4,20H2. The number of rotatable bonds is 2. The second kappa shape index (κ2) is 5.13. The van der Waals surface area contributed by atoms with Crippen LogP contribution in [0.1, 0.15) is 31.7 Å². The second-order valence-corrected chi connectivity index (χ2v) is 6.00. The Morgan fingerprint density at radius 1 is 1.05 bits per heavy atom. The molecule has 4 rings (SSSR count). The zero-order valence-corrected chi connectivity index (χ0v) is 12.3. The molecule has 0 spiro atoms. The van der Waals surface area contributed by atoms with E-state index in [9.17, 15) is 4.39 Å². The Morgan fingerprint density at radius 2 is 1.77 bits per heavy atom. The molecular weight excluding hydrogens is 277 g/mol. The van der Waals surface area contributed by atoms with E-state index in [1.807, 2.05) is 18.2 Å². The minimum atomic E-state index is -0.225. The van der Waals surface area contributed by atoms with Crippen molar-refractivity contribution in [3.05, 3.63) is 48.3 Å². The van der Waals surface area contributed by atoms with Gasteiger partial charge in [0.15, 0.2) is 0 Å². The number of aromatic nitrogens is 2. The van der Waals surface area contributed by atoms with Gasteiger partial charge in [-0.15, -0.1) is 0 Å². The molecule has 4 heteroatoms. The van der Waals surface area contributed by atoms with Crippen LogP contribution in [-0.4, -0.2) is 9.55 Å². The summed E-state index contributed by atoms with van der Waals surface area (Å²) in [5.74, 6) is 0.684. The number of fused-ring (bicyclic) bond motifs is 1. The van der Waals surface area contributed by atoms with E-state index >= 15 is 0 Å². The van der Waals surface area contributed by atoms with Crippen LogP contribution in [0.3, 0.4) is 0 Å². The fourth-order valence-corrected chi connectivity index (χ4v) is 3.45. The highest BCUT2D eigenvalue weighted by molar-refractivity contribution is 5.83. The molecule has 1 fully saturated rings. The molecule has 3 nitrogen and oxygen atoms in total. The summed E-state index contributed by atoms with van der Waals surface area (Å²) >= 11 is 0. The Balaban J connectivity index is 1.95. The van der Waals surface area contributed by atoms with Crippen molar-refractivity contribution in [1.29, 1.82) is 0 Å². The summed E-state index contributed by atoms with van der Waals surface area (Å²) in [6, 6.07) is 12.9. The van der Waals surface area contributed by atoms with Gasteiger partial charge in [0.2, 0.25) is 0 Å². The number of hydrogen-bond donors (Lipinski definition) is 1. The summed E-state index contributed by atoms with van der Waals surface area (Å²) in [5.41, 5.74) is 9.58. The maximum absolute atomic E-state index is 13.2. The maximum atomic E-state index is 13.2. The van der Waals surface area contributed by atoms with Crippen molar-refractivity contribution >= 4 is 16.7 Å². The van der Waals surface area contributed by atoms with Gasteiger partial charge in [-0.2, -0.15) is 0 Å². The molecule has 3 aromatic rings. The summed E-state index contributed by atoms with van der Waals surface area (Å²) in [7, 11) is 0. The quantitative estimate of drug-likeness (QED) is 0.705. The van der Waals surface area contributed by atoms with Gasteiger partial charge in [-0.1, -0.05) is 12.8 Å². The van der Waals surface area contributed by atoms with Gasteiger partial charge in [0, 0.05) is 17.3 Å². The van der Waals surface area contributed by atoms with Crippen molar-refractivity contribution in [3.63, 3.8) is 0 Å². The predicted octanol–water partition coefficient (Wildman–Crippen LogP) is 4.54. The van der Waals surface area contributed by atoms with Crippen LogP contribution in [0.2, 0.25) is 0 Å². The van der Waals surface area contributed by atoms with Gasteiger partial charge >= 0.3 is 0 Å². The molecule has 2 N–H and O–H groups in total. The number of anilines is 1. The number of nitrogens with zero attached hydrogens (tertiary/aromatic N) is 2. The average Bonchev–Trinajstić information content (AvgIpc) is 3.14. The maximum Gasteiger partial charge on any atom is 0.141 e. The third-order valence-corrected chi connectivity index (χ3v) is 4.51. The molecule has 2 aromatic carbocycles. The smallest absolute Gasteiger partial charge is 0.141 e. The molecule has 1 heterocycles. The van der Waals surface area contributed by atoms with Gasteiger partial charge in [0.25, 0.3) is 0 Å². The van der Waals surface area contributed by atoms with Crippen molar-refractivity contribution in [2.45, 2.75) is 31.7 Å². The van der Waals surface area contributed by atoms with Gasteiger partial charge in [-0.05, 0) is 55.3 Å². The Bertz CT molecular complexity index is 814. The zero-order chi connectivity index (χ0) is 15.1. The third kappa shape index (κ3) is 2.15. The van der Waals surface area contributed by atoms with Crippen LogP contribution in [0.15, 0.2) is 42.5 Å². The minimum Gasteiger partial charge on any atom is -0.399 e. The number of imidazole rings is 1. The van der Waals surface area contributed by atoms with Crippen LogP contribution in [0.25, 0.3) is 22.4 Å². The number of nitrogens with two attached hydrogens (primary N) is 1. The Morgan fingerprint density at radius 3 is 2.50 bits per heavy atom. The fraction of sp³-hybridized carbons (Fsp3) is 0.278. The lowest BCUT2D eigenvalue weighted by Crippen LogP contribution is -2.06. The van der Waals surface area contributed by atoms with Crippen LogP contribution in [0.5, 0.6) is 0 Å². The van der Waals surface area contributed by atoms with Gasteiger partial charge in [-0.3, -0.25) is 0 Å². The average molecular weight is 295 g/mol. The first kappa shape index (κ1) is 13.3. The van der Waals surface area contributed by atoms with Crippen LogP contribution >= 0.6 is 0 Å². The van der Waals surface area contributed by atoms with Crippen molar-refractivity contribution in [1.82, 2.24) is 9.55 Å². The molecular formula is C18H18FN3. The van der Waals surface area contributed by atoms with Crippen LogP contribution < -0.4 is 5.73 Å². The monoisotopic (exact) mass is 295 g/mol. The van der Waals surface area contributed by atoms with E-state index in [1.54, 1.807) is 12.1 Å². The van der Waals surface area contributed by atoms with Crippen molar-refractivity contribution in [3.8, 4) is 11.4 Å². The highest BCUT2D eigenvalue weighted by Gasteiger charge is 2.23. The van der Waals surface area contributed by atoms with Gasteiger partial charge in [0.1, 0.15) is 11.6 Å². The highest BCUT2D eigenvalue weighted by atomic mass is 19.1. The van der Waals surface area contributed by atoms with Crippen LogP contribution in [0.4, 0.5) is 10.1 Å². The van der Waals surface area contributed by atoms with Gasteiger partial charge < -0.3 is 10.3 Å². The molecule has 1 saturated carbocycles. The molecule has 1 aromatic heterocycles. The highest BCUT2D eigenvalue weighted by Crippen LogP contribution is 2.37. The summed E-state index contributed by atoms with van der Waals surface area (Å²) in [6.45, 7) is 0. The summed E-state index contributed by atoms with van der Waals surface area (Å²) in [4.78, 5) is 4.78. The van der Waals surface area contributed by atoms with E-state index in [1.165, 1.54) is 37.8 Å². The van der Waals surface area contributed by atoms with E-state index in [-0.39, 0.29) is 5.82 Å². The predicted molar refractivity (Wildman–Crippen MR) is 87.0 cm³/mol. The molecule has 0 bridgehead atoms. The SMILES string of the molecule is Nc1ccc2c(c1)nc(-c1ccc(F)cc1)n2C1CCCC1. The summed E-state index contributed by atoms with van der Waals surface area (Å²) in [5, 5.41) is 0. The van der Waals surface area contributed by atoms with E-state index in [2.05, 4.69) is 4.57 Å². The molecule has 0 atom stereocenters.